The zero-order valence-corrected chi connectivity index (χ0v) is 11.3. The van der Waals surface area contributed by atoms with Gasteiger partial charge in [0, 0.05) is 12.8 Å². The van der Waals surface area contributed by atoms with Gasteiger partial charge in [-0.1, -0.05) is 5.16 Å². The molecule has 22 heavy (non-hydrogen) atoms. The van der Waals surface area contributed by atoms with Crippen molar-refractivity contribution in [2.75, 3.05) is 6.61 Å². The van der Waals surface area contributed by atoms with E-state index in [9.17, 15) is 18.0 Å². The number of pyridine rings is 1. The van der Waals surface area contributed by atoms with Crippen LogP contribution < -0.4 is 5.56 Å². The topological polar surface area (TPSA) is 70.2 Å². The number of hydrogen-bond acceptors (Lipinski definition) is 5. The maximum Gasteiger partial charge on any atom is 0.421 e. The van der Waals surface area contributed by atoms with Gasteiger partial charge in [0.2, 0.25) is 0 Å². The van der Waals surface area contributed by atoms with Crippen molar-refractivity contribution in [1.29, 1.82) is 0 Å². The number of ether oxygens (including phenoxy) is 1. The highest BCUT2D eigenvalue weighted by Crippen LogP contribution is 2.27. The molecule has 0 aromatic carbocycles. The monoisotopic (exact) mass is 315 g/mol. The Morgan fingerprint density at radius 1 is 1.41 bits per heavy atom. The van der Waals surface area contributed by atoms with E-state index in [2.05, 4.69) is 10.1 Å². The maximum atomic E-state index is 12.7. The van der Waals surface area contributed by atoms with E-state index in [1.54, 1.807) is 0 Å². The Morgan fingerprint density at radius 3 is 2.91 bits per heavy atom. The highest BCUT2D eigenvalue weighted by Gasteiger charge is 2.34. The van der Waals surface area contributed by atoms with Crippen LogP contribution in [0.3, 0.4) is 0 Å². The lowest BCUT2D eigenvalue weighted by Gasteiger charge is -2.08. The van der Waals surface area contributed by atoms with E-state index in [1.165, 1.54) is 6.20 Å². The fraction of sp³-hybridized carbons (Fsp3) is 0.462. The first-order chi connectivity index (χ1) is 10.4. The molecule has 0 radical (unpaired) electrons. The van der Waals surface area contributed by atoms with Gasteiger partial charge in [0.15, 0.2) is 5.82 Å². The van der Waals surface area contributed by atoms with Crippen molar-refractivity contribution < 1.29 is 22.4 Å². The fourth-order valence-corrected chi connectivity index (χ4v) is 2.26. The van der Waals surface area contributed by atoms with Crippen molar-refractivity contribution in [2.45, 2.75) is 31.7 Å². The smallest absolute Gasteiger partial charge is 0.368 e. The quantitative estimate of drug-likeness (QED) is 0.868. The van der Waals surface area contributed by atoms with E-state index < -0.39 is 17.3 Å². The molecule has 1 saturated heterocycles. The molecule has 2 aromatic rings. The molecule has 1 aliphatic heterocycles. The Kier molecular flexibility index (Phi) is 3.73. The molecule has 3 rings (SSSR count). The van der Waals surface area contributed by atoms with Crippen LogP contribution in [0.15, 0.2) is 27.6 Å². The number of nitrogens with zero attached hydrogens (tertiary/aromatic N) is 3. The summed E-state index contributed by atoms with van der Waals surface area (Å²) in [4.78, 5) is 15.9. The number of hydrogen-bond donors (Lipinski definition) is 0. The standard InChI is InChI=1S/C13H12F3N3O3/c14-13(15,16)8-3-1-5-19(12(8)20)7-10-17-11(22-18-10)9-4-2-6-21-9/h1,3,5,9H,2,4,6-7H2/t9-/m0/s1. The third-order valence-corrected chi connectivity index (χ3v) is 3.33. The molecule has 0 N–H and O–H groups in total. The van der Waals surface area contributed by atoms with Gasteiger partial charge in [-0.25, -0.2) is 0 Å². The summed E-state index contributed by atoms with van der Waals surface area (Å²) in [7, 11) is 0. The second-order valence-corrected chi connectivity index (χ2v) is 4.90. The molecule has 9 heteroatoms. The van der Waals surface area contributed by atoms with E-state index in [4.69, 9.17) is 9.26 Å². The van der Waals surface area contributed by atoms with Crippen LogP contribution in [-0.4, -0.2) is 21.3 Å². The van der Waals surface area contributed by atoms with Crippen molar-refractivity contribution >= 4 is 0 Å². The molecule has 1 aliphatic rings. The Morgan fingerprint density at radius 2 is 2.23 bits per heavy atom. The van der Waals surface area contributed by atoms with Crippen LogP contribution in [0, 0.1) is 0 Å². The van der Waals surface area contributed by atoms with Gasteiger partial charge >= 0.3 is 6.18 Å². The number of halogens is 3. The Balaban J connectivity index is 1.83. The molecule has 0 spiro atoms. The van der Waals surface area contributed by atoms with Crippen molar-refractivity contribution in [1.82, 2.24) is 14.7 Å². The van der Waals surface area contributed by atoms with Gasteiger partial charge in [0.05, 0.1) is 6.54 Å². The third-order valence-electron chi connectivity index (χ3n) is 3.33. The van der Waals surface area contributed by atoms with Crippen molar-refractivity contribution in [3.05, 3.63) is 46.0 Å². The second-order valence-electron chi connectivity index (χ2n) is 4.90. The summed E-state index contributed by atoms with van der Waals surface area (Å²) < 4.78 is 49.4. The van der Waals surface area contributed by atoms with Gasteiger partial charge in [-0.2, -0.15) is 18.2 Å². The summed E-state index contributed by atoms with van der Waals surface area (Å²) in [6.07, 6.45) is -2.08. The summed E-state index contributed by atoms with van der Waals surface area (Å²) in [5.41, 5.74) is -2.36. The van der Waals surface area contributed by atoms with E-state index in [0.29, 0.717) is 6.61 Å². The van der Waals surface area contributed by atoms with Crippen LogP contribution >= 0.6 is 0 Å². The summed E-state index contributed by atoms with van der Waals surface area (Å²) in [6, 6.07) is 1.90. The molecule has 118 valence electrons. The maximum absolute atomic E-state index is 12.7. The lowest BCUT2D eigenvalue weighted by atomic mass is 10.2. The number of aromatic nitrogens is 3. The SMILES string of the molecule is O=c1c(C(F)(F)F)cccn1Cc1noc([C@@H]2CCCO2)n1. The second kappa shape index (κ2) is 5.56. The van der Waals surface area contributed by atoms with Crippen molar-refractivity contribution in [3.8, 4) is 0 Å². The molecule has 0 saturated carbocycles. The highest BCUT2D eigenvalue weighted by molar-refractivity contribution is 5.14. The van der Waals surface area contributed by atoms with Crippen LogP contribution in [0.2, 0.25) is 0 Å². The average molecular weight is 315 g/mol. The lowest BCUT2D eigenvalue weighted by molar-refractivity contribution is -0.138. The van der Waals surface area contributed by atoms with Gasteiger partial charge in [-0.05, 0) is 25.0 Å². The van der Waals surface area contributed by atoms with Crippen LogP contribution in [0.5, 0.6) is 0 Å². The third kappa shape index (κ3) is 2.89. The van der Waals surface area contributed by atoms with Crippen molar-refractivity contribution in [3.63, 3.8) is 0 Å². The summed E-state index contributed by atoms with van der Waals surface area (Å²) in [5, 5.41) is 3.68. The van der Waals surface area contributed by atoms with E-state index in [0.717, 1.165) is 29.5 Å². The van der Waals surface area contributed by atoms with Crippen LogP contribution in [0.1, 0.15) is 36.2 Å². The predicted molar refractivity (Wildman–Crippen MR) is 67.0 cm³/mol. The molecular formula is C13H12F3N3O3. The van der Waals surface area contributed by atoms with Gasteiger partial charge in [0.25, 0.3) is 11.4 Å². The Hall–Kier alpha value is -2.16. The first kappa shape index (κ1) is 14.8. The zero-order valence-electron chi connectivity index (χ0n) is 11.3. The van der Waals surface area contributed by atoms with Gasteiger partial charge < -0.3 is 13.8 Å². The fourth-order valence-electron chi connectivity index (χ4n) is 2.26. The number of rotatable bonds is 3. The highest BCUT2D eigenvalue weighted by atomic mass is 19.4. The first-order valence-electron chi connectivity index (χ1n) is 6.66. The van der Waals surface area contributed by atoms with Crippen LogP contribution in [0.4, 0.5) is 13.2 Å². The molecule has 0 amide bonds. The summed E-state index contributed by atoms with van der Waals surface area (Å²) in [6.45, 7) is 0.411. The largest absolute Gasteiger partial charge is 0.421 e. The molecule has 2 aromatic heterocycles. The molecule has 3 heterocycles. The minimum absolute atomic E-state index is 0.131. The Bertz CT molecular complexity index is 717. The van der Waals surface area contributed by atoms with E-state index in [1.807, 2.05) is 0 Å². The minimum Gasteiger partial charge on any atom is -0.368 e. The molecule has 1 atom stereocenters. The minimum atomic E-state index is -4.69. The van der Waals surface area contributed by atoms with Gasteiger partial charge in [0.1, 0.15) is 11.7 Å². The zero-order chi connectivity index (χ0) is 15.7. The lowest BCUT2D eigenvalue weighted by Crippen LogP contribution is -2.28. The van der Waals surface area contributed by atoms with Crippen LogP contribution in [-0.2, 0) is 17.5 Å². The van der Waals surface area contributed by atoms with Gasteiger partial charge in [-0.3, -0.25) is 4.79 Å². The predicted octanol–water partition coefficient (Wildman–Crippen LogP) is 2.15. The van der Waals surface area contributed by atoms with Gasteiger partial charge in [-0.15, -0.1) is 0 Å². The summed E-state index contributed by atoms with van der Waals surface area (Å²) >= 11 is 0. The molecule has 0 bridgehead atoms. The molecule has 0 aliphatic carbocycles. The van der Waals surface area contributed by atoms with Crippen LogP contribution in [0.25, 0.3) is 0 Å². The normalized spacial score (nSPS) is 18.8. The Labute approximate surface area is 122 Å². The summed E-state index contributed by atoms with van der Waals surface area (Å²) in [5.74, 6) is 0.416. The van der Waals surface area contributed by atoms with Crippen molar-refractivity contribution in [2.24, 2.45) is 0 Å². The molecule has 6 nitrogen and oxygen atoms in total. The molecule has 0 unspecified atom stereocenters. The molecular weight excluding hydrogens is 303 g/mol. The molecule has 1 fully saturated rings. The van der Waals surface area contributed by atoms with E-state index >= 15 is 0 Å². The first-order valence-corrected chi connectivity index (χ1v) is 6.66. The average Bonchev–Trinajstić information content (AvgIpc) is 3.10. The van der Waals surface area contributed by atoms with E-state index in [-0.39, 0.29) is 24.4 Å². The number of alkyl halides is 3.